The molecule has 10 heteroatoms. The molecule has 0 bridgehead atoms. The van der Waals surface area contributed by atoms with Gasteiger partial charge in [0.25, 0.3) is 0 Å². The highest BCUT2D eigenvalue weighted by molar-refractivity contribution is 5.96. The van der Waals surface area contributed by atoms with Gasteiger partial charge in [-0.2, -0.15) is 14.5 Å². The number of pyridine rings is 1. The number of piperidine rings is 1. The molecule has 0 radical (unpaired) electrons. The Morgan fingerprint density at radius 3 is 2.85 bits per heavy atom. The van der Waals surface area contributed by atoms with Gasteiger partial charge < -0.3 is 15.5 Å². The fourth-order valence-electron chi connectivity index (χ4n) is 4.59. The van der Waals surface area contributed by atoms with Crippen LogP contribution in [0.1, 0.15) is 62.4 Å². The zero-order chi connectivity index (χ0) is 23.7. The maximum absolute atomic E-state index is 13.2. The third kappa shape index (κ3) is 4.57. The van der Waals surface area contributed by atoms with Crippen LogP contribution in [-0.2, 0) is 17.6 Å². The van der Waals surface area contributed by atoms with Crippen LogP contribution in [0.3, 0.4) is 0 Å². The number of aromatic amines is 1. The van der Waals surface area contributed by atoms with E-state index in [2.05, 4.69) is 39.7 Å². The molecule has 2 aliphatic rings. The molecule has 5 rings (SSSR count). The Hall–Kier alpha value is -3.56. The Bertz CT molecular complexity index is 1180. The number of nitrogens with zero attached hydrogens (tertiary/aromatic N) is 5. The number of H-pyrrole nitrogens is 1. The molecule has 34 heavy (non-hydrogen) atoms. The second-order valence-electron chi connectivity index (χ2n) is 9.20. The van der Waals surface area contributed by atoms with Crippen LogP contribution in [0.25, 0.3) is 0 Å². The number of rotatable bonds is 6. The lowest BCUT2D eigenvalue weighted by molar-refractivity contribution is -0.117. The van der Waals surface area contributed by atoms with E-state index in [4.69, 9.17) is 9.97 Å². The van der Waals surface area contributed by atoms with Crippen molar-refractivity contribution < 1.29 is 9.18 Å². The van der Waals surface area contributed by atoms with Crippen molar-refractivity contribution in [2.45, 2.75) is 64.3 Å². The van der Waals surface area contributed by atoms with Gasteiger partial charge in [0.1, 0.15) is 11.9 Å². The number of fused-ring (bicyclic) bond motifs is 1. The fraction of sp³-hybridized carbons (Fsp3) is 0.458. The first kappa shape index (κ1) is 22.2. The Kier molecular flexibility index (Phi) is 6.12. The second-order valence-corrected chi connectivity index (χ2v) is 9.20. The van der Waals surface area contributed by atoms with Gasteiger partial charge in [-0.1, -0.05) is 13.8 Å². The van der Waals surface area contributed by atoms with Crippen LogP contribution in [-0.4, -0.2) is 43.6 Å². The molecule has 0 saturated carbocycles. The van der Waals surface area contributed by atoms with E-state index in [1.54, 1.807) is 0 Å². The van der Waals surface area contributed by atoms with Crippen LogP contribution in [0.15, 0.2) is 24.4 Å². The summed E-state index contributed by atoms with van der Waals surface area (Å²) in [5, 5.41) is 13.7. The zero-order valence-corrected chi connectivity index (χ0v) is 19.4. The number of aryl methyl sites for hydroxylation is 1. The van der Waals surface area contributed by atoms with E-state index in [9.17, 15) is 9.18 Å². The molecule has 0 unspecified atom stereocenters. The predicted molar refractivity (Wildman–Crippen MR) is 128 cm³/mol. The Balaban J connectivity index is 1.42. The van der Waals surface area contributed by atoms with Crippen molar-refractivity contribution in [3.63, 3.8) is 0 Å². The highest BCUT2D eigenvalue weighted by Gasteiger charge is 2.32. The lowest BCUT2D eigenvalue weighted by Gasteiger charge is -2.35. The predicted octanol–water partition coefficient (Wildman–Crippen LogP) is 4.09. The Labute approximate surface area is 197 Å². The van der Waals surface area contributed by atoms with Gasteiger partial charge in [0, 0.05) is 23.9 Å². The average Bonchev–Trinajstić information content (AvgIpc) is 3.50. The molecule has 1 saturated heterocycles. The van der Waals surface area contributed by atoms with Gasteiger partial charge in [-0.05, 0) is 56.6 Å². The summed E-state index contributed by atoms with van der Waals surface area (Å²) in [6, 6.07) is 4.33. The van der Waals surface area contributed by atoms with Gasteiger partial charge in [-0.15, -0.1) is 0 Å². The van der Waals surface area contributed by atoms with Crippen LogP contribution in [0.4, 0.5) is 27.7 Å². The van der Waals surface area contributed by atoms with E-state index in [1.807, 2.05) is 11.0 Å². The summed E-state index contributed by atoms with van der Waals surface area (Å²) in [5.74, 6) is 1.63. The summed E-state index contributed by atoms with van der Waals surface area (Å²) in [6.07, 6.45) is 6.76. The van der Waals surface area contributed by atoms with E-state index in [0.29, 0.717) is 30.5 Å². The average molecular weight is 465 g/mol. The van der Waals surface area contributed by atoms with Crippen LogP contribution < -0.4 is 15.5 Å². The Morgan fingerprint density at radius 2 is 2.09 bits per heavy atom. The maximum Gasteiger partial charge on any atom is 0.247 e. The molecule has 3 aromatic heterocycles. The number of hydrogen-bond donors (Lipinski definition) is 3. The third-order valence-electron chi connectivity index (χ3n) is 6.44. The van der Waals surface area contributed by atoms with Crippen molar-refractivity contribution in [3.05, 3.63) is 47.3 Å². The molecule has 1 amide bonds. The normalized spacial score (nSPS) is 17.6. The van der Waals surface area contributed by atoms with Gasteiger partial charge in [-0.3, -0.25) is 9.89 Å². The zero-order valence-electron chi connectivity index (χ0n) is 19.4. The molecule has 178 valence electrons. The quantitative estimate of drug-likeness (QED) is 0.471. The minimum Gasteiger partial charge on any atom is -0.329 e. The molecule has 0 spiro atoms. The van der Waals surface area contributed by atoms with E-state index in [-0.39, 0.29) is 5.91 Å². The van der Waals surface area contributed by atoms with Crippen molar-refractivity contribution in [1.29, 1.82) is 0 Å². The van der Waals surface area contributed by atoms with Crippen molar-refractivity contribution in [2.75, 3.05) is 22.1 Å². The molecule has 4 heterocycles. The molecule has 1 atom stereocenters. The van der Waals surface area contributed by atoms with Crippen molar-refractivity contribution in [3.8, 4) is 0 Å². The first-order chi connectivity index (χ1) is 16.5. The molecule has 0 aromatic carbocycles. The lowest BCUT2D eigenvalue weighted by atomic mass is 10.0. The minimum absolute atomic E-state index is 0.166. The number of carbonyl (C=O) groups is 1. The highest BCUT2D eigenvalue weighted by atomic mass is 19.1. The monoisotopic (exact) mass is 464 g/mol. The molecule has 1 aliphatic heterocycles. The molecule has 1 aliphatic carbocycles. The number of amides is 1. The van der Waals surface area contributed by atoms with Crippen LogP contribution in [0.5, 0.6) is 0 Å². The SMILES string of the molecule is CC(C)c1cc(Nc2nc(N3CCCC[C@@H]3C(=O)Nc3ccc(F)nc3)nc3c2CCC3)n[nH]1. The first-order valence-electron chi connectivity index (χ1n) is 11.9. The number of hydrogen-bond acceptors (Lipinski definition) is 7. The van der Waals surface area contributed by atoms with Crippen molar-refractivity contribution >= 4 is 29.2 Å². The number of carbonyl (C=O) groups excluding carboxylic acids is 1. The summed E-state index contributed by atoms with van der Waals surface area (Å²) in [7, 11) is 0. The smallest absolute Gasteiger partial charge is 0.247 e. The van der Waals surface area contributed by atoms with Crippen LogP contribution in [0, 0.1) is 5.95 Å². The summed E-state index contributed by atoms with van der Waals surface area (Å²) in [4.78, 5) is 28.5. The van der Waals surface area contributed by atoms with Gasteiger partial charge in [-0.25, -0.2) is 9.97 Å². The summed E-state index contributed by atoms with van der Waals surface area (Å²) in [5.41, 5.74) is 3.66. The highest BCUT2D eigenvalue weighted by Crippen LogP contribution is 2.32. The summed E-state index contributed by atoms with van der Waals surface area (Å²) in [6.45, 7) is 4.92. The van der Waals surface area contributed by atoms with E-state index in [1.165, 1.54) is 18.3 Å². The van der Waals surface area contributed by atoms with E-state index in [0.717, 1.165) is 60.7 Å². The van der Waals surface area contributed by atoms with Gasteiger partial charge >= 0.3 is 0 Å². The first-order valence-corrected chi connectivity index (χ1v) is 11.9. The molecule has 3 aromatic rings. The topological polar surface area (TPSA) is 112 Å². The molecular formula is C24H29FN8O. The largest absolute Gasteiger partial charge is 0.329 e. The number of anilines is 4. The van der Waals surface area contributed by atoms with Crippen molar-refractivity contribution in [1.82, 2.24) is 25.1 Å². The van der Waals surface area contributed by atoms with Gasteiger partial charge in [0.15, 0.2) is 5.82 Å². The lowest BCUT2D eigenvalue weighted by Crippen LogP contribution is -2.48. The Morgan fingerprint density at radius 1 is 1.21 bits per heavy atom. The van der Waals surface area contributed by atoms with Crippen molar-refractivity contribution in [2.24, 2.45) is 0 Å². The fourth-order valence-corrected chi connectivity index (χ4v) is 4.59. The van der Waals surface area contributed by atoms with Crippen LogP contribution in [0.2, 0.25) is 0 Å². The third-order valence-corrected chi connectivity index (χ3v) is 6.44. The number of nitrogens with one attached hydrogen (secondary N) is 3. The van der Waals surface area contributed by atoms with Crippen LogP contribution >= 0.6 is 0 Å². The van der Waals surface area contributed by atoms with E-state index >= 15 is 0 Å². The standard InChI is InChI=1S/C24H29FN8O/c1-14(2)18-12-21(32-31-18)29-22-16-6-5-7-17(16)28-24(30-22)33-11-4-3-8-19(33)23(34)27-15-9-10-20(25)26-13-15/h9-10,12-14,19H,3-8,11H2,1-2H3,(H,27,34)(H2,28,29,30,31,32)/t19-/m1/s1. The van der Waals surface area contributed by atoms with Gasteiger partial charge in [0.2, 0.25) is 17.8 Å². The maximum atomic E-state index is 13.2. The van der Waals surface area contributed by atoms with E-state index < -0.39 is 12.0 Å². The number of aromatic nitrogens is 5. The number of halogens is 1. The van der Waals surface area contributed by atoms with Gasteiger partial charge in [0.05, 0.1) is 17.6 Å². The second kappa shape index (κ2) is 9.36. The minimum atomic E-state index is -0.582. The molecule has 1 fully saturated rings. The summed E-state index contributed by atoms with van der Waals surface area (Å²) >= 11 is 0. The molecular weight excluding hydrogens is 435 g/mol. The molecule has 9 nitrogen and oxygen atoms in total. The summed E-state index contributed by atoms with van der Waals surface area (Å²) < 4.78 is 13.1. The molecule has 3 N–H and O–H groups in total.